The number of rotatable bonds is 6. The fourth-order valence-electron chi connectivity index (χ4n) is 2.21. The second-order valence-electron chi connectivity index (χ2n) is 4.92. The standard InChI is InChI=1S/C15H19N3O2S/c1-2-3-14-17-15(21-18-14)16-7-6-11-4-5-12-13(10-11)20-9-8-19-12/h4-5,10H,2-3,6-9H2,1H3,(H,16,17,18). The molecule has 1 aliphatic heterocycles. The first-order chi connectivity index (χ1) is 10.3. The second kappa shape index (κ2) is 6.76. The van der Waals surface area contributed by atoms with Gasteiger partial charge in [-0.1, -0.05) is 13.0 Å². The van der Waals surface area contributed by atoms with Gasteiger partial charge in [0.05, 0.1) is 0 Å². The molecule has 0 bridgehead atoms. The molecule has 0 amide bonds. The van der Waals surface area contributed by atoms with Crippen LogP contribution in [-0.2, 0) is 12.8 Å². The van der Waals surface area contributed by atoms with Gasteiger partial charge in [0.1, 0.15) is 19.0 Å². The van der Waals surface area contributed by atoms with Crippen molar-refractivity contribution in [3.8, 4) is 11.5 Å². The number of fused-ring (bicyclic) bond motifs is 1. The number of anilines is 1. The van der Waals surface area contributed by atoms with E-state index in [-0.39, 0.29) is 0 Å². The summed E-state index contributed by atoms with van der Waals surface area (Å²) in [5, 5.41) is 4.22. The highest BCUT2D eigenvalue weighted by Crippen LogP contribution is 2.30. The normalized spacial score (nSPS) is 13.2. The monoisotopic (exact) mass is 305 g/mol. The minimum Gasteiger partial charge on any atom is -0.486 e. The van der Waals surface area contributed by atoms with Gasteiger partial charge in [0.15, 0.2) is 11.5 Å². The molecule has 0 aliphatic carbocycles. The van der Waals surface area contributed by atoms with Gasteiger partial charge < -0.3 is 14.8 Å². The molecule has 112 valence electrons. The number of benzene rings is 1. The summed E-state index contributed by atoms with van der Waals surface area (Å²) in [5.74, 6) is 2.62. The lowest BCUT2D eigenvalue weighted by atomic mass is 10.1. The quantitative estimate of drug-likeness (QED) is 0.889. The third-order valence-electron chi connectivity index (χ3n) is 3.24. The lowest BCUT2D eigenvalue weighted by molar-refractivity contribution is 0.171. The molecular formula is C15H19N3O2S. The van der Waals surface area contributed by atoms with Crippen LogP contribution in [-0.4, -0.2) is 29.1 Å². The Labute approximate surface area is 128 Å². The van der Waals surface area contributed by atoms with Crippen molar-refractivity contribution in [2.75, 3.05) is 25.1 Å². The van der Waals surface area contributed by atoms with Crippen LogP contribution in [0.2, 0.25) is 0 Å². The van der Waals surface area contributed by atoms with Gasteiger partial charge in [0, 0.05) is 24.5 Å². The number of aromatic nitrogens is 2. The van der Waals surface area contributed by atoms with Crippen molar-refractivity contribution in [3.63, 3.8) is 0 Å². The number of hydrogen-bond acceptors (Lipinski definition) is 6. The van der Waals surface area contributed by atoms with Gasteiger partial charge in [-0.25, -0.2) is 4.98 Å². The summed E-state index contributed by atoms with van der Waals surface area (Å²) < 4.78 is 15.4. The highest BCUT2D eigenvalue weighted by atomic mass is 32.1. The van der Waals surface area contributed by atoms with Gasteiger partial charge in [-0.2, -0.15) is 4.37 Å². The number of nitrogens with one attached hydrogen (secondary N) is 1. The molecule has 1 aliphatic rings. The Bertz CT molecular complexity index is 600. The van der Waals surface area contributed by atoms with E-state index in [4.69, 9.17) is 9.47 Å². The van der Waals surface area contributed by atoms with Crippen molar-refractivity contribution < 1.29 is 9.47 Å². The maximum absolute atomic E-state index is 5.59. The molecule has 1 aromatic carbocycles. The molecule has 6 heteroatoms. The maximum Gasteiger partial charge on any atom is 0.202 e. The van der Waals surface area contributed by atoms with Crippen LogP contribution < -0.4 is 14.8 Å². The first kappa shape index (κ1) is 14.1. The van der Waals surface area contributed by atoms with Crippen LogP contribution in [0.3, 0.4) is 0 Å². The summed E-state index contributed by atoms with van der Waals surface area (Å²) in [6, 6.07) is 6.12. The zero-order valence-corrected chi connectivity index (χ0v) is 12.9. The predicted octanol–water partition coefficient (Wildman–Crippen LogP) is 2.92. The fraction of sp³-hybridized carbons (Fsp3) is 0.467. The third-order valence-corrected chi connectivity index (χ3v) is 3.95. The largest absolute Gasteiger partial charge is 0.486 e. The number of hydrogen-bond donors (Lipinski definition) is 1. The highest BCUT2D eigenvalue weighted by molar-refractivity contribution is 7.09. The Balaban J connectivity index is 1.52. The summed E-state index contributed by atoms with van der Waals surface area (Å²) in [7, 11) is 0. The number of ether oxygens (including phenoxy) is 2. The van der Waals surface area contributed by atoms with Gasteiger partial charge in [0.25, 0.3) is 0 Å². The average Bonchev–Trinajstić information content (AvgIpc) is 2.95. The van der Waals surface area contributed by atoms with Gasteiger partial charge >= 0.3 is 0 Å². The van der Waals surface area contributed by atoms with Gasteiger partial charge in [-0.3, -0.25) is 0 Å². The average molecular weight is 305 g/mol. The number of nitrogens with zero attached hydrogens (tertiary/aromatic N) is 2. The Morgan fingerprint density at radius 3 is 2.90 bits per heavy atom. The zero-order valence-electron chi connectivity index (χ0n) is 12.1. The lowest BCUT2D eigenvalue weighted by Gasteiger charge is -2.18. The first-order valence-electron chi connectivity index (χ1n) is 7.30. The van der Waals surface area contributed by atoms with Gasteiger partial charge in [-0.15, -0.1) is 0 Å². The van der Waals surface area contributed by atoms with Crippen molar-refractivity contribution in [1.82, 2.24) is 9.36 Å². The molecule has 1 N–H and O–H groups in total. The molecule has 0 unspecified atom stereocenters. The van der Waals surface area contributed by atoms with Crippen LogP contribution in [0.25, 0.3) is 0 Å². The molecule has 0 fully saturated rings. The lowest BCUT2D eigenvalue weighted by Crippen LogP contribution is -2.15. The molecule has 0 spiro atoms. The predicted molar refractivity (Wildman–Crippen MR) is 83.5 cm³/mol. The summed E-state index contributed by atoms with van der Waals surface area (Å²) in [4.78, 5) is 4.45. The molecular weight excluding hydrogens is 286 g/mol. The Morgan fingerprint density at radius 2 is 2.05 bits per heavy atom. The van der Waals surface area contributed by atoms with Crippen LogP contribution in [0.5, 0.6) is 11.5 Å². The van der Waals surface area contributed by atoms with Crippen molar-refractivity contribution in [2.45, 2.75) is 26.2 Å². The van der Waals surface area contributed by atoms with Crippen molar-refractivity contribution in [3.05, 3.63) is 29.6 Å². The van der Waals surface area contributed by atoms with E-state index in [1.165, 1.54) is 17.1 Å². The van der Waals surface area contributed by atoms with E-state index in [0.29, 0.717) is 13.2 Å². The molecule has 0 atom stereocenters. The molecule has 0 saturated carbocycles. The van der Waals surface area contributed by atoms with E-state index in [2.05, 4.69) is 33.7 Å². The van der Waals surface area contributed by atoms with Crippen LogP contribution >= 0.6 is 11.5 Å². The SMILES string of the molecule is CCCc1nsc(NCCc2ccc3c(c2)OCCO3)n1. The van der Waals surface area contributed by atoms with Gasteiger partial charge in [0.2, 0.25) is 5.13 Å². The van der Waals surface area contributed by atoms with Crippen LogP contribution in [0.4, 0.5) is 5.13 Å². The molecule has 0 saturated heterocycles. The van der Waals surface area contributed by atoms with E-state index in [9.17, 15) is 0 Å². The molecule has 0 radical (unpaired) electrons. The summed E-state index contributed by atoms with van der Waals surface area (Å²) in [5.41, 5.74) is 1.23. The van der Waals surface area contributed by atoms with E-state index in [0.717, 1.165) is 48.3 Å². The Kier molecular flexibility index (Phi) is 4.55. The van der Waals surface area contributed by atoms with Crippen LogP contribution in [0.1, 0.15) is 24.7 Å². The van der Waals surface area contributed by atoms with Crippen LogP contribution in [0, 0.1) is 0 Å². The molecule has 2 heterocycles. The van der Waals surface area contributed by atoms with E-state index in [1.807, 2.05) is 6.07 Å². The topological polar surface area (TPSA) is 56.3 Å². The molecule has 5 nitrogen and oxygen atoms in total. The van der Waals surface area contributed by atoms with Crippen molar-refractivity contribution in [1.29, 1.82) is 0 Å². The summed E-state index contributed by atoms with van der Waals surface area (Å²) in [6.45, 7) is 4.22. The maximum atomic E-state index is 5.59. The fourth-order valence-corrected chi connectivity index (χ4v) is 2.84. The van der Waals surface area contributed by atoms with E-state index in [1.54, 1.807) is 0 Å². The summed E-state index contributed by atoms with van der Waals surface area (Å²) >= 11 is 1.43. The van der Waals surface area contributed by atoms with E-state index >= 15 is 0 Å². The highest BCUT2D eigenvalue weighted by Gasteiger charge is 2.11. The minimum absolute atomic E-state index is 0.625. The first-order valence-corrected chi connectivity index (χ1v) is 8.07. The molecule has 1 aromatic heterocycles. The number of aryl methyl sites for hydroxylation is 1. The van der Waals surface area contributed by atoms with Crippen LogP contribution in [0.15, 0.2) is 18.2 Å². The Hall–Kier alpha value is -1.82. The third kappa shape index (κ3) is 3.64. The summed E-state index contributed by atoms with van der Waals surface area (Å²) in [6.07, 6.45) is 2.94. The second-order valence-corrected chi connectivity index (χ2v) is 5.67. The van der Waals surface area contributed by atoms with E-state index < -0.39 is 0 Å². The minimum atomic E-state index is 0.625. The molecule has 21 heavy (non-hydrogen) atoms. The zero-order chi connectivity index (χ0) is 14.5. The smallest absolute Gasteiger partial charge is 0.202 e. The van der Waals surface area contributed by atoms with Crippen molar-refractivity contribution in [2.24, 2.45) is 0 Å². The Morgan fingerprint density at radius 1 is 1.19 bits per heavy atom. The van der Waals surface area contributed by atoms with Gasteiger partial charge in [-0.05, 0) is 30.5 Å². The van der Waals surface area contributed by atoms with Crippen molar-refractivity contribution >= 4 is 16.7 Å². The molecule has 2 aromatic rings. The molecule has 3 rings (SSSR count).